The van der Waals surface area contributed by atoms with Gasteiger partial charge in [-0.25, -0.2) is 9.59 Å². The molecule has 0 aromatic rings. The highest BCUT2D eigenvalue weighted by atomic mass is 16.6. The zero-order chi connectivity index (χ0) is 18.7. The number of fused-ring (bicyclic) bond motifs is 1. The molecule has 25 heavy (non-hydrogen) atoms. The summed E-state index contributed by atoms with van der Waals surface area (Å²) in [6.07, 6.45) is 4.39. The Labute approximate surface area is 148 Å². The van der Waals surface area contributed by atoms with Gasteiger partial charge in [0.25, 0.3) is 0 Å². The van der Waals surface area contributed by atoms with Gasteiger partial charge < -0.3 is 14.6 Å². The summed E-state index contributed by atoms with van der Waals surface area (Å²) in [6.45, 7) is 11.1. The molecular formula is C20H26O5. The van der Waals surface area contributed by atoms with E-state index in [1.54, 1.807) is 26.0 Å². The minimum atomic E-state index is -0.623. The molecule has 1 fully saturated rings. The van der Waals surface area contributed by atoms with Crippen molar-refractivity contribution in [3.8, 4) is 0 Å². The summed E-state index contributed by atoms with van der Waals surface area (Å²) in [4.78, 5) is 24.3. The zero-order valence-corrected chi connectivity index (χ0v) is 15.2. The number of esters is 2. The number of rotatable bonds is 2. The van der Waals surface area contributed by atoms with E-state index >= 15 is 0 Å². The molecule has 1 N–H and O–H groups in total. The maximum absolute atomic E-state index is 12.3. The van der Waals surface area contributed by atoms with Crippen LogP contribution in [0.25, 0.3) is 0 Å². The summed E-state index contributed by atoms with van der Waals surface area (Å²) in [5.41, 5.74) is 2.62. The maximum Gasteiger partial charge on any atom is 0.334 e. The highest BCUT2D eigenvalue weighted by Crippen LogP contribution is 2.36. The van der Waals surface area contributed by atoms with Crippen LogP contribution in [0.3, 0.4) is 0 Å². The van der Waals surface area contributed by atoms with E-state index in [0.29, 0.717) is 24.0 Å². The largest absolute Gasteiger partial charge is 0.458 e. The summed E-state index contributed by atoms with van der Waals surface area (Å²) in [5.74, 6) is -1.33. The molecule has 1 saturated heterocycles. The molecule has 136 valence electrons. The van der Waals surface area contributed by atoms with Gasteiger partial charge in [0, 0.05) is 17.6 Å². The molecule has 2 aliphatic rings. The monoisotopic (exact) mass is 346 g/mol. The third-order valence-corrected chi connectivity index (χ3v) is 4.66. The van der Waals surface area contributed by atoms with Crippen molar-refractivity contribution in [3.05, 3.63) is 47.1 Å². The quantitative estimate of drug-likeness (QED) is 0.473. The van der Waals surface area contributed by atoms with E-state index in [0.717, 1.165) is 11.1 Å². The second kappa shape index (κ2) is 7.83. The number of hydrogen-bond acceptors (Lipinski definition) is 5. The molecule has 0 radical (unpaired) electrons. The molecule has 0 amide bonds. The van der Waals surface area contributed by atoms with Crippen LogP contribution in [-0.4, -0.2) is 35.4 Å². The Kier molecular flexibility index (Phi) is 6.01. The van der Waals surface area contributed by atoms with Gasteiger partial charge >= 0.3 is 11.9 Å². The topological polar surface area (TPSA) is 72.8 Å². The average Bonchev–Trinajstić information content (AvgIpc) is 2.78. The van der Waals surface area contributed by atoms with Gasteiger partial charge in [0.15, 0.2) is 0 Å². The van der Waals surface area contributed by atoms with E-state index in [1.807, 2.05) is 19.9 Å². The zero-order valence-electron chi connectivity index (χ0n) is 15.2. The number of carbonyl (C=O) groups excluding carboxylic acids is 2. The van der Waals surface area contributed by atoms with Crippen LogP contribution in [-0.2, 0) is 19.1 Å². The van der Waals surface area contributed by atoms with E-state index in [-0.39, 0.29) is 0 Å². The Morgan fingerprint density at radius 3 is 2.60 bits per heavy atom. The Morgan fingerprint density at radius 1 is 1.32 bits per heavy atom. The lowest BCUT2D eigenvalue weighted by Gasteiger charge is -2.28. The van der Waals surface area contributed by atoms with Crippen molar-refractivity contribution in [2.75, 3.05) is 0 Å². The fourth-order valence-electron chi connectivity index (χ4n) is 3.22. The number of carbonyl (C=O) groups is 2. The van der Waals surface area contributed by atoms with Crippen LogP contribution in [0, 0.1) is 5.92 Å². The third kappa shape index (κ3) is 4.48. The van der Waals surface area contributed by atoms with Crippen LogP contribution in [0.2, 0.25) is 0 Å². The normalized spacial score (nSPS) is 30.8. The number of aliphatic hydroxyl groups is 1. The Morgan fingerprint density at radius 2 is 1.96 bits per heavy atom. The van der Waals surface area contributed by atoms with Gasteiger partial charge in [0.1, 0.15) is 12.2 Å². The van der Waals surface area contributed by atoms with Gasteiger partial charge in [0.2, 0.25) is 0 Å². The minimum Gasteiger partial charge on any atom is -0.458 e. The van der Waals surface area contributed by atoms with Crippen molar-refractivity contribution in [2.24, 2.45) is 5.92 Å². The molecule has 5 heteroatoms. The lowest BCUT2D eigenvalue weighted by atomic mass is 9.85. The Hall–Kier alpha value is -2.14. The lowest BCUT2D eigenvalue weighted by molar-refractivity contribution is -0.147. The van der Waals surface area contributed by atoms with Crippen LogP contribution in [0.15, 0.2) is 47.1 Å². The molecular weight excluding hydrogens is 320 g/mol. The Bertz CT molecular complexity index is 668. The van der Waals surface area contributed by atoms with E-state index < -0.39 is 36.2 Å². The van der Waals surface area contributed by atoms with Gasteiger partial charge in [0.05, 0.1) is 12.0 Å². The SMILES string of the molecule is C=C1C(=O)O[C@@H]2C=C(C)C[C@@H](O)C=C(C)C[C@@H](OC(=O)C(C)=CC)[C@H]12. The van der Waals surface area contributed by atoms with Crippen LogP contribution in [0.4, 0.5) is 0 Å². The van der Waals surface area contributed by atoms with Gasteiger partial charge in [-0.1, -0.05) is 29.9 Å². The van der Waals surface area contributed by atoms with E-state index in [1.165, 1.54) is 0 Å². The van der Waals surface area contributed by atoms with Crippen molar-refractivity contribution in [1.82, 2.24) is 0 Å². The average molecular weight is 346 g/mol. The van der Waals surface area contributed by atoms with Crippen molar-refractivity contribution in [1.29, 1.82) is 0 Å². The smallest absolute Gasteiger partial charge is 0.334 e. The number of hydrogen-bond donors (Lipinski definition) is 1. The first-order chi connectivity index (χ1) is 11.7. The summed E-state index contributed by atoms with van der Waals surface area (Å²) >= 11 is 0. The van der Waals surface area contributed by atoms with Crippen molar-refractivity contribution in [3.63, 3.8) is 0 Å². The van der Waals surface area contributed by atoms with Gasteiger partial charge in [-0.2, -0.15) is 0 Å². The molecule has 2 rings (SSSR count). The van der Waals surface area contributed by atoms with Crippen LogP contribution in [0.1, 0.15) is 40.5 Å². The summed E-state index contributed by atoms with van der Waals surface area (Å²) in [6, 6.07) is 0. The fourth-order valence-corrected chi connectivity index (χ4v) is 3.22. The van der Waals surface area contributed by atoms with E-state index in [4.69, 9.17) is 9.47 Å². The first kappa shape index (κ1) is 19.2. The second-order valence-corrected chi connectivity index (χ2v) is 6.84. The molecule has 5 nitrogen and oxygen atoms in total. The first-order valence-corrected chi connectivity index (χ1v) is 8.49. The minimum absolute atomic E-state index is 0.318. The molecule has 1 heterocycles. The molecule has 1 aliphatic carbocycles. The molecule has 0 unspecified atom stereocenters. The van der Waals surface area contributed by atoms with E-state index in [9.17, 15) is 14.7 Å². The molecule has 0 aromatic heterocycles. The fraction of sp³-hybridized carbons (Fsp3) is 0.500. The number of aliphatic hydroxyl groups excluding tert-OH is 1. The number of allylic oxidation sites excluding steroid dienone is 1. The molecule has 4 atom stereocenters. The van der Waals surface area contributed by atoms with Gasteiger partial charge in [-0.05, 0) is 40.2 Å². The van der Waals surface area contributed by atoms with Crippen LogP contribution < -0.4 is 0 Å². The summed E-state index contributed by atoms with van der Waals surface area (Å²) < 4.78 is 11.1. The molecule has 1 aliphatic heterocycles. The highest BCUT2D eigenvalue weighted by molar-refractivity contribution is 5.92. The molecule has 0 aromatic carbocycles. The van der Waals surface area contributed by atoms with Crippen LogP contribution in [0.5, 0.6) is 0 Å². The van der Waals surface area contributed by atoms with Crippen molar-refractivity contribution < 1.29 is 24.2 Å². The highest BCUT2D eigenvalue weighted by Gasteiger charge is 2.44. The summed E-state index contributed by atoms with van der Waals surface area (Å²) in [5, 5.41) is 10.2. The third-order valence-electron chi connectivity index (χ3n) is 4.66. The number of ether oxygens (including phenoxy) is 2. The molecule has 0 saturated carbocycles. The predicted molar refractivity (Wildman–Crippen MR) is 94.6 cm³/mol. The summed E-state index contributed by atoms with van der Waals surface area (Å²) in [7, 11) is 0. The van der Waals surface area contributed by atoms with Crippen molar-refractivity contribution >= 4 is 11.9 Å². The van der Waals surface area contributed by atoms with Crippen molar-refractivity contribution in [2.45, 2.75) is 58.8 Å². The standard InChI is InChI=1S/C20H26O5/c1-6-13(4)19(22)24-16-9-11(2)7-15(21)8-12(3)10-17-18(16)14(5)20(23)25-17/h6-7,10,15-18,21H,5,8-9H2,1-4H3/t15-,16+,17+,18-/m0/s1. The molecule has 0 spiro atoms. The predicted octanol–water partition coefficient (Wildman–Crippen LogP) is 3.01. The van der Waals surface area contributed by atoms with Gasteiger partial charge in [-0.15, -0.1) is 0 Å². The van der Waals surface area contributed by atoms with E-state index in [2.05, 4.69) is 6.58 Å². The lowest BCUT2D eigenvalue weighted by Crippen LogP contribution is -2.34. The van der Waals surface area contributed by atoms with Gasteiger partial charge in [-0.3, -0.25) is 0 Å². The second-order valence-electron chi connectivity index (χ2n) is 6.84. The maximum atomic E-state index is 12.3. The van der Waals surface area contributed by atoms with Crippen LogP contribution >= 0.6 is 0 Å². The first-order valence-electron chi connectivity index (χ1n) is 8.49. The Balaban J connectivity index is 2.42. The molecule has 0 bridgehead atoms.